The van der Waals surface area contributed by atoms with Gasteiger partial charge in [0.05, 0.1) is 11.9 Å². The molecule has 1 amide bonds. The van der Waals surface area contributed by atoms with Crippen molar-refractivity contribution in [3.8, 4) is 5.69 Å². The largest absolute Gasteiger partial charge is 0.333 e. The van der Waals surface area contributed by atoms with Crippen LogP contribution >= 0.6 is 0 Å². The second kappa shape index (κ2) is 5.69. The summed E-state index contributed by atoms with van der Waals surface area (Å²) in [5, 5.41) is 7.57. The van der Waals surface area contributed by atoms with Crippen LogP contribution in [0.1, 0.15) is 22.8 Å². The molecule has 0 bridgehead atoms. The second-order valence-electron chi connectivity index (χ2n) is 5.56. The Labute approximate surface area is 124 Å². The van der Waals surface area contributed by atoms with Crippen molar-refractivity contribution in [2.45, 2.75) is 19.9 Å². The van der Waals surface area contributed by atoms with Gasteiger partial charge in [0, 0.05) is 37.4 Å². The molecule has 1 aliphatic heterocycles. The fourth-order valence-corrected chi connectivity index (χ4v) is 2.62. The molecule has 0 unspecified atom stereocenters. The lowest BCUT2D eigenvalue weighted by atomic mass is 10.1. The fourth-order valence-electron chi connectivity index (χ4n) is 2.62. The molecule has 0 saturated carbocycles. The Bertz CT molecular complexity index is 632. The number of hydrogen-bond donors (Lipinski definition) is 1. The quantitative estimate of drug-likeness (QED) is 0.911. The van der Waals surface area contributed by atoms with Crippen molar-refractivity contribution in [2.75, 3.05) is 19.6 Å². The lowest BCUT2D eigenvalue weighted by Crippen LogP contribution is -2.52. The molecular weight excluding hydrogens is 264 g/mol. The summed E-state index contributed by atoms with van der Waals surface area (Å²) < 4.78 is 1.82. The third kappa shape index (κ3) is 2.83. The average Bonchev–Trinajstić information content (AvgIpc) is 2.94. The minimum atomic E-state index is 0.104. The van der Waals surface area contributed by atoms with Gasteiger partial charge in [-0.05, 0) is 43.7 Å². The van der Waals surface area contributed by atoms with E-state index >= 15 is 0 Å². The number of aromatic nitrogens is 2. The maximum Gasteiger partial charge on any atom is 0.254 e. The molecule has 1 atom stereocenters. The van der Waals surface area contributed by atoms with Crippen molar-refractivity contribution < 1.29 is 4.79 Å². The van der Waals surface area contributed by atoms with Crippen molar-refractivity contribution in [3.63, 3.8) is 0 Å². The van der Waals surface area contributed by atoms with Crippen LogP contribution in [-0.2, 0) is 0 Å². The predicted molar refractivity (Wildman–Crippen MR) is 81.7 cm³/mol. The van der Waals surface area contributed by atoms with Gasteiger partial charge in [0.1, 0.15) is 0 Å². The normalized spacial score (nSPS) is 18.8. The van der Waals surface area contributed by atoms with Gasteiger partial charge in [0.2, 0.25) is 0 Å². The summed E-state index contributed by atoms with van der Waals surface area (Å²) in [4.78, 5) is 14.5. The van der Waals surface area contributed by atoms with Crippen LogP contribution in [0.2, 0.25) is 0 Å². The summed E-state index contributed by atoms with van der Waals surface area (Å²) in [6.07, 6.45) is 3.79. The van der Waals surface area contributed by atoms with E-state index < -0.39 is 0 Å². The van der Waals surface area contributed by atoms with E-state index in [-0.39, 0.29) is 11.9 Å². The average molecular weight is 284 g/mol. The van der Waals surface area contributed by atoms with Crippen molar-refractivity contribution in [3.05, 3.63) is 47.8 Å². The molecular formula is C16H20N4O. The lowest BCUT2D eigenvalue weighted by molar-refractivity contribution is 0.0656. The molecule has 0 spiro atoms. The van der Waals surface area contributed by atoms with E-state index in [0.717, 1.165) is 36.4 Å². The summed E-state index contributed by atoms with van der Waals surface area (Å²) in [5.74, 6) is 0.104. The highest BCUT2D eigenvalue weighted by Crippen LogP contribution is 2.14. The van der Waals surface area contributed by atoms with Crippen LogP contribution in [0, 0.1) is 6.92 Å². The molecule has 3 rings (SSSR count). The summed E-state index contributed by atoms with van der Waals surface area (Å²) in [6, 6.07) is 7.87. The summed E-state index contributed by atoms with van der Waals surface area (Å²) in [5.41, 5.74) is 2.81. The number of nitrogens with zero attached hydrogens (tertiary/aromatic N) is 3. The number of hydrogen-bond acceptors (Lipinski definition) is 3. The molecule has 1 fully saturated rings. The summed E-state index contributed by atoms with van der Waals surface area (Å²) in [7, 11) is 0. The van der Waals surface area contributed by atoms with Crippen LogP contribution in [0.5, 0.6) is 0 Å². The predicted octanol–water partition coefficient (Wildman–Crippen LogP) is 1.61. The maximum atomic E-state index is 12.5. The summed E-state index contributed by atoms with van der Waals surface area (Å²) in [6.45, 7) is 6.56. The third-order valence-electron chi connectivity index (χ3n) is 3.85. The zero-order valence-electron chi connectivity index (χ0n) is 12.4. The number of nitrogens with one attached hydrogen (secondary N) is 1. The van der Waals surface area contributed by atoms with E-state index in [0.29, 0.717) is 0 Å². The molecule has 0 aliphatic carbocycles. The Hall–Kier alpha value is -2.14. The molecule has 5 heteroatoms. The molecule has 1 saturated heterocycles. The monoisotopic (exact) mass is 284 g/mol. The molecule has 2 heterocycles. The molecule has 2 aromatic rings. The lowest BCUT2D eigenvalue weighted by Gasteiger charge is -2.34. The Morgan fingerprint density at radius 1 is 1.33 bits per heavy atom. The zero-order chi connectivity index (χ0) is 14.8. The molecule has 0 radical (unpaired) electrons. The smallest absolute Gasteiger partial charge is 0.254 e. The first-order valence-corrected chi connectivity index (χ1v) is 7.28. The first kappa shape index (κ1) is 13.8. The van der Waals surface area contributed by atoms with Gasteiger partial charge in [-0.25, -0.2) is 4.68 Å². The van der Waals surface area contributed by atoms with Crippen molar-refractivity contribution >= 4 is 5.91 Å². The summed E-state index contributed by atoms with van der Waals surface area (Å²) >= 11 is 0. The Morgan fingerprint density at radius 2 is 2.10 bits per heavy atom. The minimum absolute atomic E-state index is 0.104. The highest BCUT2D eigenvalue weighted by molar-refractivity contribution is 5.94. The van der Waals surface area contributed by atoms with Crippen LogP contribution < -0.4 is 5.32 Å². The molecule has 1 N–H and O–H groups in total. The van der Waals surface area contributed by atoms with Gasteiger partial charge >= 0.3 is 0 Å². The molecule has 1 aliphatic rings. The highest BCUT2D eigenvalue weighted by Gasteiger charge is 2.23. The Morgan fingerprint density at radius 3 is 2.71 bits per heavy atom. The first-order valence-electron chi connectivity index (χ1n) is 7.28. The van der Waals surface area contributed by atoms with E-state index in [1.807, 2.05) is 53.2 Å². The van der Waals surface area contributed by atoms with E-state index in [2.05, 4.69) is 17.3 Å². The maximum absolute atomic E-state index is 12.5. The number of amides is 1. The number of piperazine rings is 1. The molecule has 5 nitrogen and oxygen atoms in total. The first-order chi connectivity index (χ1) is 10.1. The van der Waals surface area contributed by atoms with Gasteiger partial charge in [0.25, 0.3) is 5.91 Å². The molecule has 1 aromatic carbocycles. The van der Waals surface area contributed by atoms with E-state index in [9.17, 15) is 4.79 Å². The standard InChI is InChI=1S/C16H20N4O/c1-12-9-18-20(11-12)15-5-3-14(4-6-15)16(21)19-8-7-17-10-13(19)2/h3-6,9,11,13,17H,7-8,10H2,1-2H3/t13-/m0/s1. The van der Waals surface area contributed by atoms with Crippen LogP contribution in [0.4, 0.5) is 0 Å². The van der Waals surface area contributed by atoms with E-state index in [4.69, 9.17) is 0 Å². The Kier molecular flexibility index (Phi) is 3.75. The van der Waals surface area contributed by atoms with Crippen molar-refractivity contribution in [2.24, 2.45) is 0 Å². The van der Waals surface area contributed by atoms with Crippen molar-refractivity contribution in [1.29, 1.82) is 0 Å². The van der Waals surface area contributed by atoms with Gasteiger partial charge in [-0.1, -0.05) is 0 Å². The van der Waals surface area contributed by atoms with Gasteiger partial charge < -0.3 is 10.2 Å². The van der Waals surface area contributed by atoms with Gasteiger partial charge in [0.15, 0.2) is 0 Å². The third-order valence-corrected chi connectivity index (χ3v) is 3.85. The highest BCUT2D eigenvalue weighted by atomic mass is 16.2. The van der Waals surface area contributed by atoms with Gasteiger partial charge in [-0.3, -0.25) is 4.79 Å². The van der Waals surface area contributed by atoms with Gasteiger partial charge in [-0.2, -0.15) is 5.10 Å². The number of benzene rings is 1. The SMILES string of the molecule is Cc1cnn(-c2ccc(C(=O)N3CCNC[C@@H]3C)cc2)c1. The van der Waals surface area contributed by atoms with Crippen LogP contribution in [-0.4, -0.2) is 46.3 Å². The molecule has 21 heavy (non-hydrogen) atoms. The van der Waals surface area contributed by atoms with E-state index in [1.165, 1.54) is 0 Å². The topological polar surface area (TPSA) is 50.2 Å². The number of rotatable bonds is 2. The Balaban J connectivity index is 1.79. The number of carbonyl (C=O) groups excluding carboxylic acids is 1. The van der Waals surface area contributed by atoms with Gasteiger partial charge in [-0.15, -0.1) is 0 Å². The van der Waals surface area contributed by atoms with Crippen molar-refractivity contribution in [1.82, 2.24) is 20.0 Å². The van der Waals surface area contributed by atoms with Crippen LogP contribution in [0.25, 0.3) is 5.69 Å². The van der Waals surface area contributed by atoms with Crippen LogP contribution in [0.15, 0.2) is 36.7 Å². The fraction of sp³-hybridized carbons (Fsp3) is 0.375. The molecule has 1 aromatic heterocycles. The number of aryl methyl sites for hydroxylation is 1. The van der Waals surface area contributed by atoms with E-state index in [1.54, 1.807) is 0 Å². The second-order valence-corrected chi connectivity index (χ2v) is 5.56. The number of carbonyl (C=O) groups is 1. The molecule has 110 valence electrons. The van der Waals surface area contributed by atoms with Crippen LogP contribution in [0.3, 0.4) is 0 Å². The minimum Gasteiger partial charge on any atom is -0.333 e. The zero-order valence-corrected chi connectivity index (χ0v) is 12.4.